The molecular weight excluding hydrogens is 200 g/mol. The van der Waals surface area contributed by atoms with E-state index in [4.69, 9.17) is 0 Å². The molecule has 0 unspecified atom stereocenters. The molecule has 1 fully saturated rings. The number of hydrogen-bond donors (Lipinski definition) is 1. The Bertz CT molecular complexity index is 242. The van der Waals surface area contributed by atoms with Gasteiger partial charge in [-0.25, -0.2) is 0 Å². The molecule has 16 heavy (non-hydrogen) atoms. The molecule has 0 aromatic rings. The van der Waals surface area contributed by atoms with Crippen molar-refractivity contribution in [2.24, 2.45) is 11.3 Å². The van der Waals surface area contributed by atoms with Gasteiger partial charge in [0, 0.05) is 6.42 Å². The molecule has 0 radical (unpaired) electrons. The van der Waals surface area contributed by atoms with Gasteiger partial charge in [-0.2, -0.15) is 0 Å². The lowest BCUT2D eigenvalue weighted by molar-refractivity contribution is -0.142. The van der Waals surface area contributed by atoms with Crippen LogP contribution in [0.15, 0.2) is 0 Å². The van der Waals surface area contributed by atoms with E-state index in [9.17, 15) is 9.90 Å². The Labute approximate surface area is 99.4 Å². The average Bonchev–Trinajstić information content (AvgIpc) is 2.18. The predicted octanol–water partition coefficient (Wildman–Crippen LogP) is 3.32. The van der Waals surface area contributed by atoms with Crippen molar-refractivity contribution in [3.05, 3.63) is 0 Å². The summed E-state index contributed by atoms with van der Waals surface area (Å²) in [5.41, 5.74) is -0.828. The highest BCUT2D eigenvalue weighted by Crippen LogP contribution is 2.34. The predicted molar refractivity (Wildman–Crippen MR) is 66.3 cm³/mol. The smallest absolute Gasteiger partial charge is 0.164 e. The van der Waals surface area contributed by atoms with Crippen molar-refractivity contribution >= 4 is 5.78 Å². The third kappa shape index (κ3) is 3.89. The van der Waals surface area contributed by atoms with Crippen molar-refractivity contribution in [3.63, 3.8) is 0 Å². The van der Waals surface area contributed by atoms with Crippen LogP contribution in [0, 0.1) is 11.3 Å². The summed E-state index contributed by atoms with van der Waals surface area (Å²) in [5, 5.41) is 10.3. The standard InChI is InChI=1S/C14H26O2/c1-11-5-9-14(16,10-6-11)12(15)7-8-13(2,3)4/h11,16H,5-10H2,1-4H3. The van der Waals surface area contributed by atoms with Gasteiger partial charge >= 0.3 is 0 Å². The van der Waals surface area contributed by atoms with Gasteiger partial charge in [-0.05, 0) is 43.4 Å². The summed E-state index contributed by atoms with van der Waals surface area (Å²) in [6, 6.07) is 0. The van der Waals surface area contributed by atoms with E-state index in [0.717, 1.165) is 19.3 Å². The zero-order valence-corrected chi connectivity index (χ0v) is 11.2. The van der Waals surface area contributed by atoms with Crippen LogP contribution in [0.4, 0.5) is 0 Å². The van der Waals surface area contributed by atoms with Crippen molar-refractivity contribution < 1.29 is 9.90 Å². The molecule has 0 atom stereocenters. The maximum atomic E-state index is 12.0. The fourth-order valence-corrected chi connectivity index (χ4v) is 2.24. The SMILES string of the molecule is CC1CCC(O)(C(=O)CCC(C)(C)C)CC1. The van der Waals surface area contributed by atoms with Crippen molar-refractivity contribution in [2.75, 3.05) is 0 Å². The van der Waals surface area contributed by atoms with Gasteiger partial charge in [0.2, 0.25) is 0 Å². The highest BCUT2D eigenvalue weighted by Gasteiger charge is 2.38. The monoisotopic (exact) mass is 226 g/mol. The second kappa shape index (κ2) is 4.87. The molecule has 1 N–H and O–H groups in total. The van der Waals surface area contributed by atoms with E-state index in [0.29, 0.717) is 25.2 Å². The van der Waals surface area contributed by atoms with Crippen LogP contribution in [0.5, 0.6) is 0 Å². The quantitative estimate of drug-likeness (QED) is 0.801. The lowest BCUT2D eigenvalue weighted by Gasteiger charge is -2.34. The molecule has 1 rings (SSSR count). The Morgan fingerprint density at radius 2 is 1.81 bits per heavy atom. The van der Waals surface area contributed by atoms with Crippen LogP contribution >= 0.6 is 0 Å². The van der Waals surface area contributed by atoms with Gasteiger partial charge in [0.25, 0.3) is 0 Å². The van der Waals surface area contributed by atoms with E-state index >= 15 is 0 Å². The van der Waals surface area contributed by atoms with Crippen molar-refractivity contribution in [3.8, 4) is 0 Å². The summed E-state index contributed by atoms with van der Waals surface area (Å²) < 4.78 is 0. The van der Waals surface area contributed by atoms with Crippen molar-refractivity contribution in [2.45, 2.75) is 71.8 Å². The number of carbonyl (C=O) groups excluding carboxylic acids is 1. The van der Waals surface area contributed by atoms with Crippen LogP contribution in [0.2, 0.25) is 0 Å². The molecule has 0 spiro atoms. The Kier molecular flexibility index (Phi) is 4.17. The normalized spacial score (nSPS) is 31.4. The summed E-state index contributed by atoms with van der Waals surface area (Å²) >= 11 is 0. The summed E-state index contributed by atoms with van der Waals surface area (Å²) in [4.78, 5) is 12.0. The topological polar surface area (TPSA) is 37.3 Å². The van der Waals surface area contributed by atoms with Gasteiger partial charge in [0.1, 0.15) is 5.60 Å². The van der Waals surface area contributed by atoms with Crippen LogP contribution < -0.4 is 0 Å². The minimum Gasteiger partial charge on any atom is -0.382 e. The van der Waals surface area contributed by atoms with Gasteiger partial charge in [-0.3, -0.25) is 4.79 Å². The Hall–Kier alpha value is -0.370. The third-order valence-electron chi connectivity index (χ3n) is 3.72. The lowest BCUT2D eigenvalue weighted by Crippen LogP contribution is -2.42. The van der Waals surface area contributed by atoms with Crippen LogP contribution in [0.3, 0.4) is 0 Å². The van der Waals surface area contributed by atoms with E-state index in [1.807, 2.05) is 0 Å². The summed E-state index contributed by atoms with van der Waals surface area (Å²) in [7, 11) is 0. The largest absolute Gasteiger partial charge is 0.382 e. The lowest BCUT2D eigenvalue weighted by atomic mass is 9.75. The molecule has 0 heterocycles. The molecule has 1 aliphatic rings. The minimum atomic E-state index is -1.00. The van der Waals surface area contributed by atoms with E-state index in [-0.39, 0.29) is 11.2 Å². The first-order valence-corrected chi connectivity index (χ1v) is 6.49. The van der Waals surface area contributed by atoms with E-state index in [1.54, 1.807) is 0 Å². The maximum absolute atomic E-state index is 12.0. The number of carbonyl (C=O) groups is 1. The number of Topliss-reactive ketones (excluding diaryl/α,β-unsaturated/α-hetero) is 1. The van der Waals surface area contributed by atoms with Gasteiger partial charge in [0.15, 0.2) is 5.78 Å². The molecule has 2 nitrogen and oxygen atoms in total. The first-order valence-electron chi connectivity index (χ1n) is 6.49. The third-order valence-corrected chi connectivity index (χ3v) is 3.72. The van der Waals surface area contributed by atoms with Crippen LogP contribution in [-0.4, -0.2) is 16.5 Å². The number of hydrogen-bond acceptors (Lipinski definition) is 2. The fourth-order valence-electron chi connectivity index (χ4n) is 2.24. The second-order valence-corrected chi connectivity index (χ2v) is 6.70. The highest BCUT2D eigenvalue weighted by molar-refractivity contribution is 5.87. The molecule has 0 aromatic carbocycles. The first kappa shape index (κ1) is 13.7. The number of ketones is 1. The van der Waals surface area contributed by atoms with Crippen LogP contribution in [-0.2, 0) is 4.79 Å². The summed E-state index contributed by atoms with van der Waals surface area (Å²) in [6.45, 7) is 8.59. The second-order valence-electron chi connectivity index (χ2n) is 6.70. The Balaban J connectivity index is 2.47. The minimum absolute atomic E-state index is 0.0642. The molecule has 1 saturated carbocycles. The molecule has 2 heteroatoms. The van der Waals surface area contributed by atoms with Gasteiger partial charge < -0.3 is 5.11 Å². The molecule has 0 aliphatic heterocycles. The Morgan fingerprint density at radius 1 is 1.31 bits per heavy atom. The molecule has 0 bridgehead atoms. The molecule has 0 aromatic heterocycles. The average molecular weight is 226 g/mol. The van der Waals surface area contributed by atoms with E-state index in [1.165, 1.54) is 0 Å². The van der Waals surface area contributed by atoms with Gasteiger partial charge in [0.05, 0.1) is 0 Å². The molecule has 0 saturated heterocycles. The molecule has 1 aliphatic carbocycles. The highest BCUT2D eigenvalue weighted by atomic mass is 16.3. The maximum Gasteiger partial charge on any atom is 0.164 e. The van der Waals surface area contributed by atoms with Crippen LogP contribution in [0.1, 0.15) is 66.2 Å². The molecule has 94 valence electrons. The molecular formula is C14H26O2. The summed E-state index contributed by atoms with van der Waals surface area (Å²) in [5.74, 6) is 0.727. The van der Waals surface area contributed by atoms with E-state index < -0.39 is 5.60 Å². The van der Waals surface area contributed by atoms with Crippen molar-refractivity contribution in [1.29, 1.82) is 0 Å². The number of rotatable bonds is 3. The molecule has 0 amide bonds. The first-order chi connectivity index (χ1) is 7.23. The number of aliphatic hydroxyl groups is 1. The zero-order chi connectivity index (χ0) is 12.4. The van der Waals surface area contributed by atoms with Crippen LogP contribution in [0.25, 0.3) is 0 Å². The zero-order valence-electron chi connectivity index (χ0n) is 11.2. The van der Waals surface area contributed by atoms with Gasteiger partial charge in [-0.1, -0.05) is 27.7 Å². The summed E-state index contributed by atoms with van der Waals surface area (Å²) in [6.07, 6.45) is 4.68. The van der Waals surface area contributed by atoms with E-state index in [2.05, 4.69) is 27.7 Å². The van der Waals surface area contributed by atoms with Crippen molar-refractivity contribution in [1.82, 2.24) is 0 Å². The fraction of sp³-hybridized carbons (Fsp3) is 0.929. The Morgan fingerprint density at radius 3 is 2.25 bits per heavy atom. The van der Waals surface area contributed by atoms with Gasteiger partial charge in [-0.15, -0.1) is 0 Å².